The maximum absolute atomic E-state index is 12.6. The highest BCUT2D eigenvalue weighted by molar-refractivity contribution is 6.35. The van der Waals surface area contributed by atoms with Crippen LogP contribution in [-0.4, -0.2) is 48.5 Å². The number of piperidine rings is 1. The molecule has 1 aromatic heterocycles. The minimum Gasteiger partial charge on any atom is -0.344 e. The third-order valence-electron chi connectivity index (χ3n) is 5.73. The van der Waals surface area contributed by atoms with Crippen LogP contribution in [0.25, 0.3) is 10.9 Å². The summed E-state index contributed by atoms with van der Waals surface area (Å²) in [5.74, 6) is 0.687. The summed E-state index contributed by atoms with van der Waals surface area (Å²) in [6.07, 6.45) is 3.59. The molecular weight excluding hydrogens is 348 g/mol. The standard InChI is InChI=1S/C20H25ClN4O/c1-13-10-20(12-22-11-13,24-17-7-9-25(2)19(17)26)15-5-6-16(21)18-14(15)4-3-8-23-18/h3-6,8,13,17,22,24H,7,9-12H2,1-2H3/t13-,17?,20-/m0/s1. The Balaban J connectivity index is 1.82. The average Bonchev–Trinajstić information content (AvgIpc) is 2.94. The van der Waals surface area contributed by atoms with Gasteiger partial charge in [-0.05, 0) is 43.0 Å². The van der Waals surface area contributed by atoms with Crippen molar-refractivity contribution in [3.8, 4) is 0 Å². The van der Waals surface area contributed by atoms with Gasteiger partial charge in [0.15, 0.2) is 0 Å². The van der Waals surface area contributed by atoms with E-state index in [1.165, 1.54) is 5.56 Å². The molecule has 1 amide bonds. The van der Waals surface area contributed by atoms with Crippen LogP contribution >= 0.6 is 11.6 Å². The number of carbonyl (C=O) groups is 1. The number of likely N-dealkylation sites (tertiary alicyclic amines) is 1. The number of aromatic nitrogens is 1. The number of hydrogen-bond acceptors (Lipinski definition) is 4. The maximum Gasteiger partial charge on any atom is 0.239 e. The fraction of sp³-hybridized carbons (Fsp3) is 0.500. The number of fused-ring (bicyclic) bond motifs is 1. The van der Waals surface area contributed by atoms with E-state index in [9.17, 15) is 4.79 Å². The van der Waals surface area contributed by atoms with E-state index in [-0.39, 0.29) is 17.5 Å². The van der Waals surface area contributed by atoms with Gasteiger partial charge in [-0.25, -0.2) is 0 Å². The molecule has 4 rings (SSSR count). The van der Waals surface area contributed by atoms with Crippen LogP contribution in [0.1, 0.15) is 25.3 Å². The second kappa shape index (κ2) is 6.80. The fourth-order valence-corrected chi connectivity index (χ4v) is 4.72. The van der Waals surface area contributed by atoms with Gasteiger partial charge in [0.05, 0.1) is 22.1 Å². The lowest BCUT2D eigenvalue weighted by Gasteiger charge is -2.43. The highest BCUT2D eigenvalue weighted by Gasteiger charge is 2.42. The Hall–Kier alpha value is -1.69. The van der Waals surface area contributed by atoms with Gasteiger partial charge in [-0.15, -0.1) is 0 Å². The first kappa shape index (κ1) is 17.7. The van der Waals surface area contributed by atoms with Crippen LogP contribution in [0.3, 0.4) is 0 Å². The van der Waals surface area contributed by atoms with Crippen molar-refractivity contribution in [1.82, 2.24) is 20.5 Å². The zero-order valence-electron chi connectivity index (χ0n) is 15.3. The van der Waals surface area contributed by atoms with E-state index < -0.39 is 0 Å². The number of halogens is 1. The highest BCUT2D eigenvalue weighted by Crippen LogP contribution is 2.38. The maximum atomic E-state index is 12.6. The molecule has 6 heteroatoms. The summed E-state index contributed by atoms with van der Waals surface area (Å²) in [4.78, 5) is 18.9. The second-order valence-electron chi connectivity index (χ2n) is 7.76. The molecule has 0 saturated carbocycles. The molecule has 0 spiro atoms. The molecule has 3 heterocycles. The number of benzene rings is 1. The second-order valence-corrected chi connectivity index (χ2v) is 8.17. The van der Waals surface area contributed by atoms with Crippen molar-refractivity contribution < 1.29 is 4.79 Å². The topological polar surface area (TPSA) is 57.3 Å². The number of carbonyl (C=O) groups excluding carboxylic acids is 1. The van der Waals surface area contributed by atoms with Crippen LogP contribution in [0.4, 0.5) is 0 Å². The summed E-state index contributed by atoms with van der Waals surface area (Å²) in [5.41, 5.74) is 1.68. The number of rotatable bonds is 3. The van der Waals surface area contributed by atoms with E-state index in [2.05, 4.69) is 34.7 Å². The van der Waals surface area contributed by atoms with Crippen molar-refractivity contribution in [2.24, 2.45) is 5.92 Å². The molecule has 2 saturated heterocycles. The Kier molecular flexibility index (Phi) is 4.63. The van der Waals surface area contributed by atoms with E-state index in [1.54, 1.807) is 6.20 Å². The van der Waals surface area contributed by atoms with E-state index >= 15 is 0 Å². The molecule has 26 heavy (non-hydrogen) atoms. The number of hydrogen-bond donors (Lipinski definition) is 2. The minimum absolute atomic E-state index is 0.144. The van der Waals surface area contributed by atoms with Gasteiger partial charge in [-0.3, -0.25) is 15.1 Å². The fourth-order valence-electron chi connectivity index (χ4n) is 4.51. The molecule has 3 atom stereocenters. The van der Waals surface area contributed by atoms with Gasteiger partial charge in [0.25, 0.3) is 0 Å². The lowest BCUT2D eigenvalue weighted by molar-refractivity contribution is -0.128. The summed E-state index contributed by atoms with van der Waals surface area (Å²) < 4.78 is 0. The van der Waals surface area contributed by atoms with Crippen molar-refractivity contribution in [1.29, 1.82) is 0 Å². The first-order valence-electron chi connectivity index (χ1n) is 9.27. The first-order chi connectivity index (χ1) is 12.5. The summed E-state index contributed by atoms with van der Waals surface area (Å²) in [6.45, 7) is 4.84. The van der Waals surface area contributed by atoms with Crippen LogP contribution in [0, 0.1) is 5.92 Å². The Morgan fingerprint density at radius 1 is 1.38 bits per heavy atom. The van der Waals surface area contributed by atoms with Gasteiger partial charge in [0.1, 0.15) is 0 Å². The van der Waals surface area contributed by atoms with Crippen LogP contribution in [0.2, 0.25) is 5.02 Å². The molecule has 5 nitrogen and oxygen atoms in total. The number of nitrogens with one attached hydrogen (secondary N) is 2. The zero-order valence-corrected chi connectivity index (χ0v) is 16.0. The Bertz CT molecular complexity index is 842. The summed E-state index contributed by atoms with van der Waals surface area (Å²) in [5, 5.41) is 9.03. The molecule has 1 unspecified atom stereocenters. The van der Waals surface area contributed by atoms with Gasteiger partial charge >= 0.3 is 0 Å². The molecule has 0 bridgehead atoms. The largest absolute Gasteiger partial charge is 0.344 e. The third kappa shape index (κ3) is 2.98. The van der Waals surface area contributed by atoms with Crippen LogP contribution in [-0.2, 0) is 10.3 Å². The van der Waals surface area contributed by atoms with Gasteiger partial charge in [-0.2, -0.15) is 0 Å². The Labute approximate surface area is 159 Å². The van der Waals surface area contributed by atoms with E-state index in [0.29, 0.717) is 10.9 Å². The zero-order chi connectivity index (χ0) is 18.3. The number of amides is 1. The predicted molar refractivity (Wildman–Crippen MR) is 104 cm³/mol. The minimum atomic E-state index is -0.310. The quantitative estimate of drug-likeness (QED) is 0.869. The van der Waals surface area contributed by atoms with Crippen molar-refractivity contribution in [3.05, 3.63) is 41.0 Å². The van der Waals surface area contributed by atoms with E-state index in [0.717, 1.165) is 43.4 Å². The molecule has 2 aromatic rings. The number of likely N-dealkylation sites (N-methyl/N-ethyl adjacent to an activating group) is 1. The normalized spacial score (nSPS) is 29.5. The van der Waals surface area contributed by atoms with Crippen LogP contribution in [0.15, 0.2) is 30.5 Å². The lowest BCUT2D eigenvalue weighted by atomic mass is 9.77. The summed E-state index contributed by atoms with van der Waals surface area (Å²) in [6, 6.07) is 7.91. The van der Waals surface area contributed by atoms with E-state index in [4.69, 9.17) is 11.6 Å². The van der Waals surface area contributed by atoms with Gasteiger partial charge in [0.2, 0.25) is 5.91 Å². The first-order valence-corrected chi connectivity index (χ1v) is 9.65. The van der Waals surface area contributed by atoms with Crippen molar-refractivity contribution >= 4 is 28.4 Å². The highest BCUT2D eigenvalue weighted by atomic mass is 35.5. The molecule has 138 valence electrons. The predicted octanol–water partition coefficient (Wildman–Crippen LogP) is 2.53. The van der Waals surface area contributed by atoms with Crippen LogP contribution < -0.4 is 10.6 Å². The Morgan fingerprint density at radius 2 is 2.23 bits per heavy atom. The van der Waals surface area contributed by atoms with Crippen molar-refractivity contribution in [3.63, 3.8) is 0 Å². The molecule has 2 fully saturated rings. The summed E-state index contributed by atoms with van der Waals surface area (Å²) >= 11 is 6.40. The summed E-state index contributed by atoms with van der Waals surface area (Å²) in [7, 11) is 1.88. The Morgan fingerprint density at radius 3 is 2.96 bits per heavy atom. The lowest BCUT2D eigenvalue weighted by Crippen LogP contribution is -2.59. The van der Waals surface area contributed by atoms with Gasteiger partial charge in [0, 0.05) is 31.7 Å². The molecular formula is C20H25ClN4O. The number of nitrogens with zero attached hydrogens (tertiary/aromatic N) is 2. The molecule has 0 aliphatic carbocycles. The van der Waals surface area contributed by atoms with Gasteiger partial charge in [-0.1, -0.05) is 30.7 Å². The van der Waals surface area contributed by atoms with Crippen LogP contribution in [0.5, 0.6) is 0 Å². The third-order valence-corrected chi connectivity index (χ3v) is 6.04. The average molecular weight is 373 g/mol. The van der Waals surface area contributed by atoms with Crippen molar-refractivity contribution in [2.45, 2.75) is 31.3 Å². The van der Waals surface area contributed by atoms with Crippen molar-refractivity contribution in [2.75, 3.05) is 26.7 Å². The molecule has 0 radical (unpaired) electrons. The molecule has 2 aliphatic rings. The smallest absolute Gasteiger partial charge is 0.239 e. The molecule has 2 aliphatic heterocycles. The van der Waals surface area contributed by atoms with E-state index in [1.807, 2.05) is 24.1 Å². The monoisotopic (exact) mass is 372 g/mol. The SMILES string of the molecule is C[C@@H]1CNC[C@](NC2CCN(C)C2=O)(c2ccc(Cl)c3ncccc23)C1. The number of pyridine rings is 1. The molecule has 1 aromatic carbocycles. The van der Waals surface area contributed by atoms with Gasteiger partial charge < -0.3 is 10.2 Å². The molecule has 2 N–H and O–H groups in total.